The molecule has 1 aromatic carbocycles. The van der Waals surface area contributed by atoms with Gasteiger partial charge in [0.05, 0.1) is 52.0 Å². The Bertz CT molecular complexity index is 1580. The lowest BCUT2D eigenvalue weighted by Crippen LogP contribution is -2.37. The fraction of sp³-hybridized carbons (Fsp3) is 0.280. The summed E-state index contributed by atoms with van der Waals surface area (Å²) in [4.78, 5) is 22.5. The number of fused-ring (bicyclic) bond motifs is 2. The number of nitrogens with two attached hydrogens (primary N) is 1. The van der Waals surface area contributed by atoms with Crippen molar-refractivity contribution < 1.29 is 13.9 Å². The van der Waals surface area contributed by atoms with Gasteiger partial charge >= 0.3 is 0 Å². The van der Waals surface area contributed by atoms with Crippen LogP contribution in [0.25, 0.3) is 21.9 Å². The Kier molecular flexibility index (Phi) is 6.12. The van der Waals surface area contributed by atoms with Crippen LogP contribution in [0.1, 0.15) is 23.7 Å². The summed E-state index contributed by atoms with van der Waals surface area (Å²) in [5.74, 6) is 5.24. The number of methoxy groups -OCH3 is 1. The first-order valence-corrected chi connectivity index (χ1v) is 11.6. The van der Waals surface area contributed by atoms with Gasteiger partial charge in [0.15, 0.2) is 5.82 Å². The van der Waals surface area contributed by atoms with Crippen LogP contribution in [0.5, 0.6) is 0 Å². The van der Waals surface area contributed by atoms with E-state index in [1.165, 1.54) is 12.4 Å². The van der Waals surface area contributed by atoms with E-state index in [2.05, 4.69) is 28.4 Å². The molecule has 1 amide bonds. The Morgan fingerprint density at radius 1 is 1.39 bits per heavy atom. The number of aromatic nitrogens is 5. The molecule has 184 valence electrons. The molecule has 0 bridgehead atoms. The number of nitrogens with zero attached hydrogens (tertiary/aromatic N) is 6. The Morgan fingerprint density at radius 3 is 2.94 bits per heavy atom. The number of hydrogen-bond donors (Lipinski definition) is 1. The van der Waals surface area contributed by atoms with Crippen molar-refractivity contribution in [1.29, 1.82) is 0 Å². The minimum absolute atomic E-state index is 0.0248. The molecule has 1 aliphatic heterocycles. The first-order chi connectivity index (χ1) is 17.3. The van der Waals surface area contributed by atoms with Gasteiger partial charge in [0, 0.05) is 26.9 Å². The zero-order valence-corrected chi connectivity index (χ0v) is 20.5. The van der Waals surface area contributed by atoms with Crippen LogP contribution in [0.2, 0.25) is 5.02 Å². The van der Waals surface area contributed by atoms with Crippen molar-refractivity contribution in [3.05, 3.63) is 59.4 Å². The lowest BCUT2D eigenvalue weighted by Gasteiger charge is -2.22. The zero-order valence-electron chi connectivity index (χ0n) is 19.7. The van der Waals surface area contributed by atoms with Crippen LogP contribution in [-0.4, -0.2) is 61.4 Å². The molecule has 3 aromatic heterocycles. The standard InChI is InChI=1S/C25H23ClFN7O2/c1-4-21(35)33-11-14(9-15(33)12-36-3)34-19-7-8-29-25(28)22(19)18(31-34)6-5-16-17(26)10-20-24(23(16)27)30-13-32(20)2/h4,7-8,10,13-15H,1,9,11-12H2,2-3H3,(H2,28,29)/t14?,15-/m1/s1. The monoisotopic (exact) mass is 507 g/mol. The average molecular weight is 508 g/mol. The maximum atomic E-state index is 15.2. The van der Waals surface area contributed by atoms with Crippen molar-refractivity contribution >= 4 is 45.3 Å². The number of hydrogen-bond acceptors (Lipinski definition) is 6. The molecule has 1 aliphatic rings. The van der Waals surface area contributed by atoms with Crippen molar-refractivity contribution in [2.75, 3.05) is 26.0 Å². The maximum Gasteiger partial charge on any atom is 0.246 e. The summed E-state index contributed by atoms with van der Waals surface area (Å²) in [6, 6.07) is 3.14. The number of carbonyl (C=O) groups is 1. The van der Waals surface area contributed by atoms with Crippen molar-refractivity contribution in [3.63, 3.8) is 0 Å². The Balaban J connectivity index is 1.59. The summed E-state index contributed by atoms with van der Waals surface area (Å²) in [7, 11) is 3.36. The Hall–Kier alpha value is -3.94. The second-order valence-electron chi connectivity index (χ2n) is 8.60. The van der Waals surface area contributed by atoms with Crippen LogP contribution < -0.4 is 5.73 Å². The van der Waals surface area contributed by atoms with Crippen molar-refractivity contribution in [1.82, 2.24) is 29.2 Å². The number of imidazole rings is 1. The normalized spacial score (nSPS) is 17.5. The summed E-state index contributed by atoms with van der Waals surface area (Å²) in [6.45, 7) is 4.41. The minimum Gasteiger partial charge on any atom is -0.383 e. The van der Waals surface area contributed by atoms with Gasteiger partial charge in [-0.25, -0.2) is 14.4 Å². The van der Waals surface area contributed by atoms with Crippen molar-refractivity contribution in [2.24, 2.45) is 7.05 Å². The molecule has 0 saturated carbocycles. The van der Waals surface area contributed by atoms with E-state index in [0.29, 0.717) is 41.7 Å². The third kappa shape index (κ3) is 3.86. The first kappa shape index (κ1) is 23.8. The van der Waals surface area contributed by atoms with Crippen molar-refractivity contribution in [2.45, 2.75) is 18.5 Å². The number of aryl methyl sites for hydroxylation is 1. The molecule has 1 unspecified atom stereocenters. The summed E-state index contributed by atoms with van der Waals surface area (Å²) >= 11 is 6.36. The summed E-state index contributed by atoms with van der Waals surface area (Å²) in [5, 5.41) is 5.44. The molecule has 0 aliphatic carbocycles. The number of carbonyl (C=O) groups excluding carboxylic acids is 1. The Morgan fingerprint density at radius 2 is 2.19 bits per heavy atom. The third-order valence-electron chi connectivity index (χ3n) is 6.42. The summed E-state index contributed by atoms with van der Waals surface area (Å²) < 4.78 is 24.0. The van der Waals surface area contributed by atoms with Crippen LogP contribution in [0.3, 0.4) is 0 Å². The molecule has 0 radical (unpaired) electrons. The van der Waals surface area contributed by atoms with Gasteiger partial charge in [-0.3, -0.25) is 9.48 Å². The quantitative estimate of drug-likeness (QED) is 0.336. The summed E-state index contributed by atoms with van der Waals surface area (Å²) in [6.07, 6.45) is 5.02. The van der Waals surface area contributed by atoms with Crippen LogP contribution in [0, 0.1) is 17.7 Å². The predicted molar refractivity (Wildman–Crippen MR) is 135 cm³/mol. The molecule has 5 rings (SSSR count). The average Bonchev–Trinajstić information content (AvgIpc) is 3.55. The number of benzene rings is 1. The fourth-order valence-corrected chi connectivity index (χ4v) is 4.95. The van der Waals surface area contributed by atoms with E-state index in [9.17, 15) is 4.79 Å². The van der Waals surface area contributed by atoms with E-state index in [0.717, 1.165) is 0 Å². The van der Waals surface area contributed by atoms with Gasteiger partial charge in [0.2, 0.25) is 5.91 Å². The van der Waals surface area contributed by atoms with Crippen LogP contribution >= 0.6 is 11.6 Å². The van der Waals surface area contributed by atoms with Gasteiger partial charge in [-0.05, 0) is 30.6 Å². The van der Waals surface area contributed by atoms with Gasteiger partial charge in [-0.15, -0.1) is 0 Å². The number of amides is 1. The SMILES string of the molecule is C=CC(=O)N1CC(n2nc(C#Cc3c(Cl)cc4c(ncn4C)c3F)c3c(N)nccc32)C[C@@H]1COC. The van der Waals surface area contributed by atoms with Gasteiger partial charge < -0.3 is 19.9 Å². The Labute approximate surface area is 211 Å². The fourth-order valence-electron chi connectivity index (χ4n) is 4.72. The second-order valence-corrected chi connectivity index (χ2v) is 9.00. The third-order valence-corrected chi connectivity index (χ3v) is 6.72. The van der Waals surface area contributed by atoms with E-state index >= 15 is 4.39 Å². The topological polar surface area (TPSA) is 104 Å². The number of ether oxygens (including phenoxy) is 1. The molecule has 0 spiro atoms. The number of anilines is 1. The van der Waals surface area contributed by atoms with E-state index in [1.807, 2.05) is 0 Å². The molecule has 11 heteroatoms. The van der Waals surface area contributed by atoms with Gasteiger partial charge in [0.1, 0.15) is 17.0 Å². The molecular formula is C25H23ClFN7O2. The molecule has 4 heterocycles. The number of rotatable bonds is 4. The highest BCUT2D eigenvalue weighted by molar-refractivity contribution is 6.32. The molecule has 9 nitrogen and oxygen atoms in total. The smallest absolute Gasteiger partial charge is 0.246 e. The lowest BCUT2D eigenvalue weighted by atomic mass is 10.1. The molecule has 4 aromatic rings. The zero-order chi connectivity index (χ0) is 25.6. The minimum atomic E-state index is -0.600. The van der Waals surface area contributed by atoms with E-state index in [1.54, 1.807) is 46.6 Å². The predicted octanol–water partition coefficient (Wildman–Crippen LogP) is 3.07. The number of pyridine rings is 1. The van der Waals surface area contributed by atoms with Crippen LogP contribution in [0.15, 0.2) is 37.3 Å². The first-order valence-electron chi connectivity index (χ1n) is 11.2. The van der Waals surface area contributed by atoms with Gasteiger partial charge in [-0.1, -0.05) is 24.1 Å². The summed E-state index contributed by atoms with van der Waals surface area (Å²) in [5.41, 5.74) is 8.03. The van der Waals surface area contributed by atoms with Gasteiger partial charge in [0.25, 0.3) is 0 Å². The van der Waals surface area contributed by atoms with E-state index in [4.69, 9.17) is 27.2 Å². The maximum absolute atomic E-state index is 15.2. The highest BCUT2D eigenvalue weighted by atomic mass is 35.5. The van der Waals surface area contributed by atoms with Crippen molar-refractivity contribution in [3.8, 4) is 11.8 Å². The van der Waals surface area contributed by atoms with Gasteiger partial charge in [-0.2, -0.15) is 5.10 Å². The number of likely N-dealkylation sites (tertiary alicyclic amines) is 1. The molecule has 2 N–H and O–H groups in total. The molecule has 36 heavy (non-hydrogen) atoms. The largest absolute Gasteiger partial charge is 0.383 e. The van der Waals surface area contributed by atoms with E-state index < -0.39 is 5.82 Å². The molecule has 2 atom stereocenters. The highest BCUT2D eigenvalue weighted by Crippen LogP contribution is 2.33. The van der Waals surface area contributed by atoms with Crippen LogP contribution in [-0.2, 0) is 16.6 Å². The molecular weight excluding hydrogens is 485 g/mol. The number of halogens is 2. The lowest BCUT2D eigenvalue weighted by molar-refractivity contribution is -0.127. The highest BCUT2D eigenvalue weighted by Gasteiger charge is 2.36. The molecule has 1 saturated heterocycles. The van der Waals surface area contributed by atoms with E-state index in [-0.39, 0.29) is 39.9 Å². The molecule has 1 fully saturated rings. The number of nitrogen functional groups attached to an aromatic ring is 1. The second kappa shape index (κ2) is 9.26. The van der Waals surface area contributed by atoms with Crippen LogP contribution in [0.4, 0.5) is 10.2 Å².